The monoisotopic (exact) mass is 382 g/mol. The van der Waals surface area contributed by atoms with Gasteiger partial charge in [0, 0.05) is 18.2 Å². The zero-order chi connectivity index (χ0) is 20.3. The lowest BCUT2D eigenvalue weighted by Crippen LogP contribution is -2.45. The summed E-state index contributed by atoms with van der Waals surface area (Å²) in [6.45, 7) is 4.53. The SMILES string of the molecule is COc1ccc(NC(=O)[C@H](CC(C)C)N2Cc3ccccc3C2=O)c(OC)c1. The van der Waals surface area contributed by atoms with Crippen molar-refractivity contribution in [1.82, 2.24) is 4.90 Å². The molecule has 0 fully saturated rings. The molecule has 28 heavy (non-hydrogen) atoms. The highest BCUT2D eigenvalue weighted by atomic mass is 16.5. The zero-order valence-electron chi connectivity index (χ0n) is 16.7. The molecule has 0 saturated carbocycles. The van der Waals surface area contributed by atoms with E-state index in [9.17, 15) is 9.59 Å². The van der Waals surface area contributed by atoms with Crippen LogP contribution in [0.25, 0.3) is 0 Å². The van der Waals surface area contributed by atoms with E-state index in [-0.39, 0.29) is 17.7 Å². The van der Waals surface area contributed by atoms with E-state index in [0.29, 0.717) is 35.7 Å². The molecule has 0 aromatic heterocycles. The van der Waals surface area contributed by atoms with E-state index in [1.165, 1.54) is 7.11 Å². The fourth-order valence-corrected chi connectivity index (χ4v) is 3.47. The first-order chi connectivity index (χ1) is 13.4. The maximum atomic E-state index is 13.2. The molecule has 2 aromatic carbocycles. The number of methoxy groups -OCH3 is 2. The Morgan fingerprint density at radius 1 is 1.14 bits per heavy atom. The molecular formula is C22H26N2O4. The Balaban J connectivity index is 1.85. The highest BCUT2D eigenvalue weighted by Gasteiger charge is 2.36. The molecule has 1 N–H and O–H groups in total. The van der Waals surface area contributed by atoms with Gasteiger partial charge in [-0.1, -0.05) is 32.0 Å². The van der Waals surface area contributed by atoms with Crippen molar-refractivity contribution in [2.45, 2.75) is 32.9 Å². The first-order valence-corrected chi connectivity index (χ1v) is 9.36. The van der Waals surface area contributed by atoms with Gasteiger partial charge in [0.05, 0.1) is 19.9 Å². The van der Waals surface area contributed by atoms with Crippen molar-refractivity contribution >= 4 is 17.5 Å². The molecule has 2 amide bonds. The molecule has 1 atom stereocenters. The largest absolute Gasteiger partial charge is 0.497 e. The fraction of sp³-hybridized carbons (Fsp3) is 0.364. The average Bonchev–Trinajstić information content (AvgIpc) is 3.02. The predicted molar refractivity (Wildman–Crippen MR) is 108 cm³/mol. The standard InChI is InChI=1S/C22H26N2O4/c1-14(2)11-19(24-13-15-7-5-6-8-17(15)22(24)26)21(25)23-18-10-9-16(27-3)12-20(18)28-4/h5-10,12,14,19H,11,13H2,1-4H3,(H,23,25)/t19-/m0/s1. The number of carbonyl (C=O) groups excluding carboxylic acids is 2. The van der Waals surface area contributed by atoms with Crippen molar-refractivity contribution in [3.05, 3.63) is 53.6 Å². The highest BCUT2D eigenvalue weighted by molar-refractivity contribution is 6.04. The van der Waals surface area contributed by atoms with E-state index in [0.717, 1.165) is 5.56 Å². The van der Waals surface area contributed by atoms with Crippen molar-refractivity contribution in [1.29, 1.82) is 0 Å². The summed E-state index contributed by atoms with van der Waals surface area (Å²) < 4.78 is 10.6. The summed E-state index contributed by atoms with van der Waals surface area (Å²) in [5, 5.41) is 2.93. The Kier molecular flexibility index (Phi) is 5.87. The quantitative estimate of drug-likeness (QED) is 0.793. The number of anilines is 1. The summed E-state index contributed by atoms with van der Waals surface area (Å²) in [6, 6.07) is 12.2. The van der Waals surface area contributed by atoms with Gasteiger partial charge in [0.25, 0.3) is 5.91 Å². The number of benzene rings is 2. The Bertz CT molecular complexity index is 879. The predicted octanol–water partition coefficient (Wildman–Crippen LogP) is 3.71. The van der Waals surface area contributed by atoms with E-state index in [1.807, 2.05) is 38.1 Å². The topological polar surface area (TPSA) is 67.9 Å². The molecule has 1 aliphatic heterocycles. The van der Waals surface area contributed by atoms with E-state index in [4.69, 9.17) is 9.47 Å². The Hall–Kier alpha value is -3.02. The van der Waals surface area contributed by atoms with Gasteiger partial charge in [-0.3, -0.25) is 9.59 Å². The molecule has 6 heteroatoms. The summed E-state index contributed by atoms with van der Waals surface area (Å²) in [7, 11) is 3.11. The van der Waals surface area contributed by atoms with Crippen LogP contribution < -0.4 is 14.8 Å². The molecule has 148 valence electrons. The second-order valence-electron chi connectivity index (χ2n) is 7.29. The summed E-state index contributed by atoms with van der Waals surface area (Å²) >= 11 is 0. The van der Waals surface area contributed by atoms with Gasteiger partial charge in [-0.2, -0.15) is 0 Å². The summed E-state index contributed by atoms with van der Waals surface area (Å²) in [4.78, 5) is 27.7. The normalized spacial score (nSPS) is 14.0. The number of rotatable bonds is 7. The zero-order valence-corrected chi connectivity index (χ0v) is 16.7. The fourth-order valence-electron chi connectivity index (χ4n) is 3.47. The molecule has 0 bridgehead atoms. The number of nitrogens with zero attached hydrogens (tertiary/aromatic N) is 1. The third kappa shape index (κ3) is 3.96. The van der Waals surface area contributed by atoms with Crippen molar-refractivity contribution < 1.29 is 19.1 Å². The molecule has 0 saturated heterocycles. The van der Waals surface area contributed by atoms with Crippen LogP contribution in [0.2, 0.25) is 0 Å². The third-order valence-corrected chi connectivity index (χ3v) is 4.89. The second-order valence-corrected chi connectivity index (χ2v) is 7.29. The molecule has 2 aromatic rings. The Morgan fingerprint density at radius 2 is 1.89 bits per heavy atom. The van der Waals surface area contributed by atoms with Crippen LogP contribution in [0.5, 0.6) is 11.5 Å². The summed E-state index contributed by atoms with van der Waals surface area (Å²) in [5.41, 5.74) is 2.17. The van der Waals surface area contributed by atoms with Gasteiger partial charge in [-0.05, 0) is 36.1 Å². The van der Waals surface area contributed by atoms with E-state index in [1.54, 1.807) is 30.2 Å². The lowest BCUT2D eigenvalue weighted by Gasteiger charge is -2.28. The van der Waals surface area contributed by atoms with Gasteiger partial charge in [-0.25, -0.2) is 0 Å². The second kappa shape index (κ2) is 8.33. The first-order valence-electron chi connectivity index (χ1n) is 9.36. The minimum atomic E-state index is -0.563. The van der Waals surface area contributed by atoms with Gasteiger partial charge >= 0.3 is 0 Å². The summed E-state index contributed by atoms with van der Waals surface area (Å²) in [6.07, 6.45) is 0.573. The van der Waals surface area contributed by atoms with Gasteiger partial charge in [0.15, 0.2) is 0 Å². The molecule has 0 radical (unpaired) electrons. The molecule has 0 unspecified atom stereocenters. The Morgan fingerprint density at radius 3 is 2.54 bits per heavy atom. The molecule has 0 aliphatic carbocycles. The molecule has 1 heterocycles. The van der Waals surface area contributed by atoms with Crippen molar-refractivity contribution in [3.8, 4) is 11.5 Å². The molecular weight excluding hydrogens is 356 g/mol. The van der Waals surface area contributed by atoms with E-state index >= 15 is 0 Å². The molecule has 0 spiro atoms. The lowest BCUT2D eigenvalue weighted by molar-refractivity contribution is -0.121. The van der Waals surface area contributed by atoms with Gasteiger partial charge < -0.3 is 19.7 Å². The van der Waals surface area contributed by atoms with E-state index < -0.39 is 6.04 Å². The van der Waals surface area contributed by atoms with Crippen LogP contribution in [-0.4, -0.2) is 37.0 Å². The van der Waals surface area contributed by atoms with Crippen LogP contribution >= 0.6 is 0 Å². The smallest absolute Gasteiger partial charge is 0.255 e. The Labute approximate surface area is 165 Å². The van der Waals surface area contributed by atoms with Crippen LogP contribution in [0.1, 0.15) is 36.2 Å². The van der Waals surface area contributed by atoms with E-state index in [2.05, 4.69) is 5.32 Å². The molecule has 6 nitrogen and oxygen atoms in total. The van der Waals surface area contributed by atoms with Crippen LogP contribution in [0.3, 0.4) is 0 Å². The van der Waals surface area contributed by atoms with Crippen LogP contribution in [0.4, 0.5) is 5.69 Å². The van der Waals surface area contributed by atoms with Crippen LogP contribution in [0.15, 0.2) is 42.5 Å². The maximum Gasteiger partial charge on any atom is 0.255 e. The first kappa shape index (κ1) is 19.7. The number of carbonyl (C=O) groups is 2. The third-order valence-electron chi connectivity index (χ3n) is 4.89. The number of ether oxygens (including phenoxy) is 2. The highest BCUT2D eigenvalue weighted by Crippen LogP contribution is 2.31. The van der Waals surface area contributed by atoms with Crippen molar-refractivity contribution in [3.63, 3.8) is 0 Å². The lowest BCUT2D eigenvalue weighted by atomic mass is 10.0. The molecule has 3 rings (SSSR count). The van der Waals surface area contributed by atoms with Gasteiger partial charge in [-0.15, -0.1) is 0 Å². The van der Waals surface area contributed by atoms with Crippen molar-refractivity contribution in [2.75, 3.05) is 19.5 Å². The number of nitrogens with one attached hydrogen (secondary N) is 1. The minimum Gasteiger partial charge on any atom is -0.497 e. The van der Waals surface area contributed by atoms with Gasteiger partial charge in [0.1, 0.15) is 17.5 Å². The minimum absolute atomic E-state index is 0.0990. The maximum absolute atomic E-state index is 13.2. The summed E-state index contributed by atoms with van der Waals surface area (Å²) in [5.74, 6) is 1.08. The average molecular weight is 382 g/mol. The number of amides is 2. The van der Waals surface area contributed by atoms with Gasteiger partial charge in [0.2, 0.25) is 5.91 Å². The number of fused-ring (bicyclic) bond motifs is 1. The number of hydrogen-bond acceptors (Lipinski definition) is 4. The van der Waals surface area contributed by atoms with Crippen LogP contribution in [0, 0.1) is 5.92 Å². The van der Waals surface area contributed by atoms with Crippen LogP contribution in [-0.2, 0) is 11.3 Å². The number of hydrogen-bond donors (Lipinski definition) is 1. The van der Waals surface area contributed by atoms with Crippen molar-refractivity contribution in [2.24, 2.45) is 5.92 Å². The molecule has 1 aliphatic rings.